The van der Waals surface area contributed by atoms with E-state index in [1.807, 2.05) is 0 Å². The molecule has 1 aromatic rings. The van der Waals surface area contributed by atoms with Gasteiger partial charge in [-0.15, -0.1) is 0 Å². The predicted octanol–water partition coefficient (Wildman–Crippen LogP) is 2.93. The standard InChI is InChI=1S/C15H25NO/c1-5-12-7-9-13(10-8-12)11-14(16)15(3,6-2)17-4/h7-10,14H,5-6,11,16H2,1-4H3. The highest BCUT2D eigenvalue weighted by atomic mass is 16.5. The molecule has 2 atom stereocenters. The van der Waals surface area contributed by atoms with Crippen LogP contribution in [0.3, 0.4) is 0 Å². The van der Waals surface area contributed by atoms with Gasteiger partial charge in [0.15, 0.2) is 0 Å². The zero-order chi connectivity index (χ0) is 12.9. The molecule has 1 rings (SSSR count). The molecule has 0 heterocycles. The van der Waals surface area contributed by atoms with Gasteiger partial charge in [-0.25, -0.2) is 0 Å². The largest absolute Gasteiger partial charge is 0.377 e. The average molecular weight is 235 g/mol. The Hall–Kier alpha value is -0.860. The van der Waals surface area contributed by atoms with Crippen molar-refractivity contribution in [3.05, 3.63) is 35.4 Å². The molecule has 1 aromatic carbocycles. The van der Waals surface area contributed by atoms with Crippen LogP contribution in [0.1, 0.15) is 38.3 Å². The molecule has 0 aromatic heterocycles. The second kappa shape index (κ2) is 6.18. The minimum absolute atomic E-state index is 0.0324. The van der Waals surface area contributed by atoms with Crippen LogP contribution in [-0.2, 0) is 17.6 Å². The van der Waals surface area contributed by atoms with E-state index in [4.69, 9.17) is 10.5 Å². The highest BCUT2D eigenvalue weighted by Crippen LogP contribution is 2.21. The van der Waals surface area contributed by atoms with Crippen molar-refractivity contribution in [1.82, 2.24) is 0 Å². The van der Waals surface area contributed by atoms with Gasteiger partial charge in [-0.3, -0.25) is 0 Å². The Kier molecular flexibility index (Phi) is 5.16. The van der Waals surface area contributed by atoms with Crippen molar-refractivity contribution in [2.45, 2.75) is 51.7 Å². The van der Waals surface area contributed by atoms with Crippen LogP contribution in [0.4, 0.5) is 0 Å². The van der Waals surface area contributed by atoms with Gasteiger partial charge in [-0.1, -0.05) is 38.1 Å². The summed E-state index contributed by atoms with van der Waals surface area (Å²) >= 11 is 0. The van der Waals surface area contributed by atoms with E-state index in [1.54, 1.807) is 7.11 Å². The van der Waals surface area contributed by atoms with Crippen molar-refractivity contribution in [1.29, 1.82) is 0 Å². The minimum Gasteiger partial charge on any atom is -0.377 e. The minimum atomic E-state index is -0.233. The first-order chi connectivity index (χ1) is 8.05. The number of hydrogen-bond acceptors (Lipinski definition) is 2. The normalized spacial score (nSPS) is 16.5. The van der Waals surface area contributed by atoms with Crippen LogP contribution in [0, 0.1) is 0 Å². The Morgan fingerprint density at radius 3 is 2.12 bits per heavy atom. The second-order valence-corrected chi connectivity index (χ2v) is 4.85. The van der Waals surface area contributed by atoms with Crippen LogP contribution in [-0.4, -0.2) is 18.8 Å². The highest BCUT2D eigenvalue weighted by molar-refractivity contribution is 5.23. The Bertz CT molecular complexity index is 327. The van der Waals surface area contributed by atoms with Gasteiger partial charge in [0.1, 0.15) is 0 Å². The van der Waals surface area contributed by atoms with Crippen molar-refractivity contribution in [3.8, 4) is 0 Å². The van der Waals surface area contributed by atoms with Gasteiger partial charge in [0.2, 0.25) is 0 Å². The molecular formula is C15H25NO. The number of methoxy groups -OCH3 is 1. The molecular weight excluding hydrogens is 210 g/mol. The quantitative estimate of drug-likeness (QED) is 0.823. The third-order valence-electron chi connectivity index (χ3n) is 3.84. The van der Waals surface area contributed by atoms with Crippen LogP contribution in [0.2, 0.25) is 0 Å². The molecule has 0 aliphatic rings. The summed E-state index contributed by atoms with van der Waals surface area (Å²) in [7, 11) is 1.74. The molecule has 0 radical (unpaired) electrons. The smallest absolute Gasteiger partial charge is 0.0801 e. The van der Waals surface area contributed by atoms with E-state index >= 15 is 0 Å². The summed E-state index contributed by atoms with van der Waals surface area (Å²) in [4.78, 5) is 0. The van der Waals surface area contributed by atoms with Crippen LogP contribution < -0.4 is 5.73 Å². The number of ether oxygens (including phenoxy) is 1. The molecule has 2 heteroatoms. The highest BCUT2D eigenvalue weighted by Gasteiger charge is 2.29. The van der Waals surface area contributed by atoms with E-state index in [-0.39, 0.29) is 11.6 Å². The van der Waals surface area contributed by atoms with Crippen molar-refractivity contribution in [2.24, 2.45) is 5.73 Å². The maximum Gasteiger partial charge on any atom is 0.0801 e. The average Bonchev–Trinajstić information content (AvgIpc) is 2.38. The van der Waals surface area contributed by atoms with E-state index in [0.29, 0.717) is 0 Å². The molecule has 0 fully saturated rings. The molecule has 0 spiro atoms. The lowest BCUT2D eigenvalue weighted by Crippen LogP contribution is -2.48. The van der Waals surface area contributed by atoms with E-state index < -0.39 is 0 Å². The van der Waals surface area contributed by atoms with E-state index in [1.165, 1.54) is 11.1 Å². The maximum atomic E-state index is 6.25. The molecule has 2 nitrogen and oxygen atoms in total. The summed E-state index contributed by atoms with van der Waals surface area (Å²) in [5.41, 5.74) is 8.67. The molecule has 0 amide bonds. The Morgan fingerprint density at radius 1 is 1.18 bits per heavy atom. The van der Waals surface area contributed by atoms with Gasteiger partial charge < -0.3 is 10.5 Å². The van der Waals surface area contributed by atoms with Crippen LogP contribution in [0.5, 0.6) is 0 Å². The third kappa shape index (κ3) is 3.55. The van der Waals surface area contributed by atoms with E-state index in [9.17, 15) is 0 Å². The van der Waals surface area contributed by atoms with E-state index in [2.05, 4.69) is 45.0 Å². The summed E-state index contributed by atoms with van der Waals surface area (Å²) in [5.74, 6) is 0. The van der Waals surface area contributed by atoms with Crippen molar-refractivity contribution in [3.63, 3.8) is 0 Å². The zero-order valence-corrected chi connectivity index (χ0v) is 11.5. The molecule has 0 aliphatic carbocycles. The van der Waals surface area contributed by atoms with Gasteiger partial charge in [0, 0.05) is 13.2 Å². The first-order valence-electron chi connectivity index (χ1n) is 6.44. The first-order valence-corrected chi connectivity index (χ1v) is 6.44. The molecule has 2 N–H and O–H groups in total. The number of nitrogens with two attached hydrogens (primary N) is 1. The summed E-state index contributed by atoms with van der Waals surface area (Å²) in [6, 6.07) is 8.73. The van der Waals surface area contributed by atoms with Crippen LogP contribution >= 0.6 is 0 Å². The summed E-state index contributed by atoms with van der Waals surface area (Å²) in [6.45, 7) is 6.36. The molecule has 0 saturated heterocycles. The Morgan fingerprint density at radius 2 is 1.71 bits per heavy atom. The SMILES string of the molecule is CCc1ccc(CC(N)C(C)(CC)OC)cc1. The summed E-state index contributed by atoms with van der Waals surface area (Å²) in [5, 5.41) is 0. The first kappa shape index (κ1) is 14.2. The van der Waals surface area contributed by atoms with Crippen LogP contribution in [0.15, 0.2) is 24.3 Å². The van der Waals surface area contributed by atoms with E-state index in [0.717, 1.165) is 19.3 Å². The van der Waals surface area contributed by atoms with Gasteiger partial charge >= 0.3 is 0 Å². The lowest BCUT2D eigenvalue weighted by molar-refractivity contribution is -0.0184. The lowest BCUT2D eigenvalue weighted by Gasteiger charge is -2.33. The van der Waals surface area contributed by atoms with Gasteiger partial charge in [0.05, 0.1) is 5.60 Å². The summed E-state index contributed by atoms with van der Waals surface area (Å²) < 4.78 is 5.54. The zero-order valence-electron chi connectivity index (χ0n) is 11.5. The molecule has 17 heavy (non-hydrogen) atoms. The Balaban J connectivity index is 2.69. The summed E-state index contributed by atoms with van der Waals surface area (Å²) in [6.07, 6.45) is 2.87. The third-order valence-corrected chi connectivity index (χ3v) is 3.84. The van der Waals surface area contributed by atoms with Gasteiger partial charge in [-0.05, 0) is 37.3 Å². The topological polar surface area (TPSA) is 35.2 Å². The van der Waals surface area contributed by atoms with Gasteiger partial charge in [-0.2, -0.15) is 0 Å². The monoisotopic (exact) mass is 235 g/mol. The second-order valence-electron chi connectivity index (χ2n) is 4.85. The van der Waals surface area contributed by atoms with Crippen molar-refractivity contribution >= 4 is 0 Å². The fraction of sp³-hybridized carbons (Fsp3) is 0.600. The number of rotatable bonds is 6. The Labute approximate surface area is 105 Å². The molecule has 0 saturated carbocycles. The fourth-order valence-electron chi connectivity index (χ4n) is 1.94. The molecule has 0 aliphatic heterocycles. The number of aryl methyl sites for hydroxylation is 1. The maximum absolute atomic E-state index is 6.25. The molecule has 2 unspecified atom stereocenters. The predicted molar refractivity (Wildman–Crippen MR) is 73.2 cm³/mol. The number of hydrogen-bond donors (Lipinski definition) is 1. The number of benzene rings is 1. The molecule has 96 valence electrons. The fourth-order valence-corrected chi connectivity index (χ4v) is 1.94. The van der Waals surface area contributed by atoms with Gasteiger partial charge in [0.25, 0.3) is 0 Å². The lowest BCUT2D eigenvalue weighted by atomic mass is 9.89. The van der Waals surface area contributed by atoms with Crippen molar-refractivity contribution in [2.75, 3.05) is 7.11 Å². The molecule has 0 bridgehead atoms. The van der Waals surface area contributed by atoms with Crippen LogP contribution in [0.25, 0.3) is 0 Å². The van der Waals surface area contributed by atoms with Crippen molar-refractivity contribution < 1.29 is 4.74 Å².